The Bertz CT molecular complexity index is 222. The van der Waals surface area contributed by atoms with Gasteiger partial charge in [0.05, 0.1) is 0 Å². The van der Waals surface area contributed by atoms with Gasteiger partial charge in [0.15, 0.2) is 0 Å². The second-order valence-corrected chi connectivity index (χ2v) is 6.78. The molecule has 0 spiro atoms. The lowest BCUT2D eigenvalue weighted by Crippen LogP contribution is -2.44. The molecule has 2 unspecified atom stereocenters. The van der Waals surface area contributed by atoms with Crippen LogP contribution in [0.4, 0.5) is 0 Å². The van der Waals surface area contributed by atoms with Gasteiger partial charge in [0.1, 0.15) is 0 Å². The number of rotatable bonds is 14. The van der Waals surface area contributed by atoms with Gasteiger partial charge in [0, 0.05) is 27.2 Å². The number of thiol groups is 1. The molecule has 0 bridgehead atoms. The van der Waals surface area contributed by atoms with E-state index in [1.54, 1.807) is 21.3 Å². The van der Waals surface area contributed by atoms with Crippen LogP contribution in [-0.2, 0) is 14.2 Å². The lowest BCUT2D eigenvalue weighted by Gasteiger charge is -2.36. The number of unbranched alkanes of at least 4 members (excludes halogenated alkanes) is 5. The van der Waals surface area contributed by atoms with Crippen molar-refractivity contribution in [3.8, 4) is 0 Å². The molecular weight excluding hydrogens is 284 g/mol. The number of hydrogen-bond acceptors (Lipinski definition) is 4. The molecule has 3 nitrogen and oxygen atoms in total. The van der Waals surface area contributed by atoms with E-state index >= 15 is 0 Å². The van der Waals surface area contributed by atoms with Crippen molar-refractivity contribution in [2.45, 2.75) is 82.9 Å². The van der Waals surface area contributed by atoms with Crippen LogP contribution in [0.1, 0.15) is 71.6 Å². The van der Waals surface area contributed by atoms with Crippen LogP contribution in [0.15, 0.2) is 0 Å². The lowest BCUT2D eigenvalue weighted by atomic mass is 9.92. The lowest BCUT2D eigenvalue weighted by molar-refractivity contribution is -0.380. The first-order valence-corrected chi connectivity index (χ1v) is 8.91. The van der Waals surface area contributed by atoms with Gasteiger partial charge in [-0.05, 0) is 24.5 Å². The molecule has 2 atom stereocenters. The average Bonchev–Trinajstić information content (AvgIpc) is 2.49. The summed E-state index contributed by atoms with van der Waals surface area (Å²) in [6.07, 6.45) is 10.9. The Balaban J connectivity index is 4.37. The smallest absolute Gasteiger partial charge is 0.285 e. The molecule has 0 fully saturated rings. The number of methoxy groups -OCH3 is 3. The van der Waals surface area contributed by atoms with Crippen molar-refractivity contribution in [1.82, 2.24) is 0 Å². The third kappa shape index (κ3) is 8.44. The number of ether oxygens (including phenoxy) is 3. The number of hydrogen-bond donors (Lipinski definition) is 1. The summed E-state index contributed by atoms with van der Waals surface area (Å²) in [7, 11) is 4.97. The van der Waals surface area contributed by atoms with E-state index in [-0.39, 0.29) is 5.92 Å². The maximum Gasteiger partial charge on any atom is 0.285 e. The van der Waals surface area contributed by atoms with Gasteiger partial charge < -0.3 is 14.2 Å². The van der Waals surface area contributed by atoms with E-state index in [9.17, 15) is 0 Å². The van der Waals surface area contributed by atoms with E-state index in [2.05, 4.69) is 26.5 Å². The topological polar surface area (TPSA) is 27.7 Å². The maximum atomic E-state index is 5.56. The second-order valence-electron chi connectivity index (χ2n) is 5.90. The van der Waals surface area contributed by atoms with Crippen molar-refractivity contribution in [2.24, 2.45) is 5.92 Å². The molecule has 0 aromatic rings. The largest absolute Gasteiger partial charge is 0.331 e. The summed E-state index contributed by atoms with van der Waals surface area (Å²) >= 11 is 4.48. The van der Waals surface area contributed by atoms with Gasteiger partial charge in [-0.25, -0.2) is 0 Å². The fourth-order valence-corrected chi connectivity index (χ4v) is 3.01. The molecule has 0 radical (unpaired) electrons. The fraction of sp³-hybridized carbons (Fsp3) is 1.00. The van der Waals surface area contributed by atoms with Crippen LogP contribution in [-0.4, -0.2) is 32.6 Å². The highest BCUT2D eigenvalue weighted by Crippen LogP contribution is 2.33. The van der Waals surface area contributed by atoms with E-state index in [1.807, 2.05) is 0 Å². The summed E-state index contributed by atoms with van der Waals surface area (Å²) in [6, 6.07) is 0. The van der Waals surface area contributed by atoms with Crippen LogP contribution < -0.4 is 0 Å². The molecule has 4 heteroatoms. The zero-order valence-corrected chi connectivity index (χ0v) is 15.6. The highest BCUT2D eigenvalue weighted by molar-refractivity contribution is 7.80. The van der Waals surface area contributed by atoms with Gasteiger partial charge in [0.25, 0.3) is 5.97 Å². The van der Waals surface area contributed by atoms with Crippen LogP contribution in [0.25, 0.3) is 0 Å². The zero-order valence-electron chi connectivity index (χ0n) is 14.7. The molecule has 0 heterocycles. The van der Waals surface area contributed by atoms with Crippen LogP contribution >= 0.6 is 12.6 Å². The van der Waals surface area contributed by atoms with E-state index in [0.717, 1.165) is 19.3 Å². The first-order valence-electron chi connectivity index (χ1n) is 8.39. The molecule has 0 aliphatic rings. The summed E-state index contributed by atoms with van der Waals surface area (Å²) < 4.78 is 16.7. The molecule has 0 aromatic heterocycles. The Hall–Kier alpha value is 0.230. The van der Waals surface area contributed by atoms with E-state index in [0.29, 0.717) is 5.25 Å². The van der Waals surface area contributed by atoms with Crippen molar-refractivity contribution in [1.29, 1.82) is 0 Å². The minimum Gasteiger partial charge on any atom is -0.331 e. The minimum atomic E-state index is -0.911. The molecular formula is C17H36O3S. The quantitative estimate of drug-likeness (QED) is 0.276. The fourth-order valence-electron chi connectivity index (χ4n) is 2.86. The Kier molecular flexibility index (Phi) is 12.9. The second kappa shape index (κ2) is 12.7. The Morgan fingerprint density at radius 2 is 1.33 bits per heavy atom. The predicted octanol–water partition coefficient (Wildman–Crippen LogP) is 5.04. The van der Waals surface area contributed by atoms with Crippen molar-refractivity contribution in [2.75, 3.05) is 21.3 Å². The van der Waals surface area contributed by atoms with Gasteiger partial charge in [-0.3, -0.25) is 0 Å². The van der Waals surface area contributed by atoms with E-state index < -0.39 is 5.97 Å². The molecule has 0 aromatic carbocycles. The maximum absolute atomic E-state index is 5.56. The predicted molar refractivity (Wildman–Crippen MR) is 92.9 cm³/mol. The third-order valence-corrected chi connectivity index (χ3v) is 4.45. The van der Waals surface area contributed by atoms with Crippen molar-refractivity contribution >= 4 is 12.6 Å². The Morgan fingerprint density at radius 3 is 1.81 bits per heavy atom. The normalized spacial score (nSPS) is 15.1. The molecule has 0 aliphatic carbocycles. The minimum absolute atomic E-state index is 0.248. The SMILES string of the molecule is CCCCCCCCC(CCC(C)S)C(OC)(OC)OC. The van der Waals surface area contributed by atoms with Gasteiger partial charge in [-0.15, -0.1) is 0 Å². The molecule has 0 aliphatic heterocycles. The molecule has 0 rings (SSSR count). The summed E-state index contributed by atoms with van der Waals surface area (Å²) in [6.45, 7) is 4.37. The summed E-state index contributed by atoms with van der Waals surface area (Å²) in [5.41, 5.74) is 0. The van der Waals surface area contributed by atoms with Gasteiger partial charge in [-0.2, -0.15) is 12.6 Å². The van der Waals surface area contributed by atoms with Crippen LogP contribution in [0.2, 0.25) is 0 Å². The summed E-state index contributed by atoms with van der Waals surface area (Å²) in [4.78, 5) is 0. The van der Waals surface area contributed by atoms with Crippen molar-refractivity contribution in [3.63, 3.8) is 0 Å². The highest BCUT2D eigenvalue weighted by Gasteiger charge is 2.39. The Morgan fingerprint density at radius 1 is 0.810 bits per heavy atom. The molecule has 21 heavy (non-hydrogen) atoms. The van der Waals surface area contributed by atoms with Crippen LogP contribution in [0, 0.1) is 5.92 Å². The zero-order chi connectivity index (χ0) is 16.1. The van der Waals surface area contributed by atoms with Gasteiger partial charge >= 0.3 is 0 Å². The summed E-state index contributed by atoms with van der Waals surface area (Å²) in [5, 5.41) is 0.389. The van der Waals surface area contributed by atoms with Crippen molar-refractivity contribution in [3.05, 3.63) is 0 Å². The monoisotopic (exact) mass is 320 g/mol. The molecule has 0 saturated carbocycles. The van der Waals surface area contributed by atoms with E-state index in [4.69, 9.17) is 14.2 Å². The van der Waals surface area contributed by atoms with Gasteiger partial charge in [-0.1, -0.05) is 52.4 Å². The van der Waals surface area contributed by atoms with Gasteiger partial charge in [0.2, 0.25) is 0 Å². The molecule has 0 saturated heterocycles. The molecule has 128 valence electrons. The first kappa shape index (κ1) is 21.2. The Labute approximate surface area is 137 Å². The van der Waals surface area contributed by atoms with Crippen LogP contribution in [0.5, 0.6) is 0 Å². The standard InChI is InChI=1S/C17H36O3S/c1-6-7-8-9-10-11-12-16(14-13-15(2)21)17(18-3,19-4)20-5/h15-16,21H,6-14H2,1-5H3. The molecule has 0 amide bonds. The van der Waals surface area contributed by atoms with E-state index in [1.165, 1.54) is 38.5 Å². The van der Waals surface area contributed by atoms with Crippen LogP contribution in [0.3, 0.4) is 0 Å². The van der Waals surface area contributed by atoms with Crippen molar-refractivity contribution < 1.29 is 14.2 Å². The highest BCUT2D eigenvalue weighted by atomic mass is 32.1. The first-order chi connectivity index (χ1) is 10.1. The summed E-state index contributed by atoms with van der Waals surface area (Å²) in [5.74, 6) is -0.662. The third-order valence-electron chi connectivity index (χ3n) is 4.19. The molecule has 0 N–H and O–H groups in total. The average molecular weight is 321 g/mol.